The van der Waals surface area contributed by atoms with Gasteiger partial charge in [-0.05, 0) is 50.9 Å². The van der Waals surface area contributed by atoms with Gasteiger partial charge in [0, 0.05) is 44.5 Å². The molecule has 6 heteroatoms. The molecule has 3 aliphatic rings. The van der Waals surface area contributed by atoms with E-state index in [0.29, 0.717) is 0 Å². The van der Waals surface area contributed by atoms with E-state index in [1.165, 1.54) is 64.5 Å². The van der Waals surface area contributed by atoms with Crippen LogP contribution >= 0.6 is 0 Å². The summed E-state index contributed by atoms with van der Waals surface area (Å²) in [5, 5.41) is 3.33. The highest BCUT2D eigenvalue weighted by Crippen LogP contribution is 2.35. The van der Waals surface area contributed by atoms with Crippen LogP contribution in [0.2, 0.25) is 0 Å². The van der Waals surface area contributed by atoms with Gasteiger partial charge in [0.1, 0.15) is 0 Å². The van der Waals surface area contributed by atoms with Crippen molar-refractivity contribution in [1.82, 2.24) is 20.1 Å². The summed E-state index contributed by atoms with van der Waals surface area (Å²) in [6.07, 6.45) is 14.1. The van der Waals surface area contributed by atoms with E-state index in [4.69, 9.17) is 0 Å². The van der Waals surface area contributed by atoms with Crippen LogP contribution in [-0.4, -0.2) is 72.2 Å². The molecule has 28 heavy (non-hydrogen) atoms. The van der Waals surface area contributed by atoms with Crippen LogP contribution in [0.15, 0.2) is 24.5 Å². The number of aromatic nitrogens is 1. The molecule has 1 aromatic heterocycles. The van der Waals surface area contributed by atoms with Gasteiger partial charge in [0.15, 0.2) is 0 Å². The zero-order valence-electron chi connectivity index (χ0n) is 17.1. The minimum atomic E-state index is 0.118. The van der Waals surface area contributed by atoms with Gasteiger partial charge in [-0.2, -0.15) is 0 Å². The first-order valence-electron chi connectivity index (χ1n) is 11.2. The number of carbonyl (C=O) groups is 1. The molecule has 6 nitrogen and oxygen atoms in total. The lowest BCUT2D eigenvalue weighted by Crippen LogP contribution is -2.60. The van der Waals surface area contributed by atoms with Gasteiger partial charge in [-0.1, -0.05) is 25.7 Å². The lowest BCUT2D eigenvalue weighted by Gasteiger charge is -2.48. The Hall–Kier alpha value is -1.82. The fourth-order valence-electron chi connectivity index (χ4n) is 5.24. The molecule has 2 amide bonds. The maximum Gasteiger partial charge on any atom is 0.317 e. The van der Waals surface area contributed by atoms with Crippen molar-refractivity contribution in [3.8, 4) is 0 Å². The quantitative estimate of drug-likeness (QED) is 0.865. The van der Waals surface area contributed by atoms with E-state index in [9.17, 15) is 4.79 Å². The molecule has 3 fully saturated rings. The molecule has 3 heterocycles. The van der Waals surface area contributed by atoms with Gasteiger partial charge >= 0.3 is 6.03 Å². The molecular formula is C22H35N5O. The average Bonchev–Trinajstić information content (AvgIpc) is 2.79. The second-order valence-electron chi connectivity index (χ2n) is 8.68. The van der Waals surface area contributed by atoms with Crippen LogP contribution in [0, 0.1) is 0 Å². The number of nitrogens with zero attached hydrogens (tertiary/aromatic N) is 4. The predicted octanol–water partition coefficient (Wildman–Crippen LogP) is 3.10. The summed E-state index contributed by atoms with van der Waals surface area (Å²) in [4.78, 5) is 24.1. The number of likely N-dealkylation sites (tertiary alicyclic amines) is 1. The molecule has 2 aliphatic heterocycles. The maximum absolute atomic E-state index is 12.9. The number of anilines is 1. The summed E-state index contributed by atoms with van der Waals surface area (Å²) in [6, 6.07) is 4.18. The van der Waals surface area contributed by atoms with Gasteiger partial charge in [0.05, 0.1) is 11.9 Å². The summed E-state index contributed by atoms with van der Waals surface area (Å²) in [7, 11) is 0. The van der Waals surface area contributed by atoms with Crippen LogP contribution in [0.4, 0.5) is 10.5 Å². The zero-order valence-corrected chi connectivity index (χ0v) is 17.1. The molecule has 0 unspecified atom stereocenters. The predicted molar refractivity (Wildman–Crippen MR) is 113 cm³/mol. The molecule has 2 saturated heterocycles. The SMILES string of the molecule is O=C(NCC1(N2CCCCC2)CCCCC1)N1CCN(c2cccnc2)CC1. The van der Waals surface area contributed by atoms with Crippen molar-refractivity contribution in [3.63, 3.8) is 0 Å². The molecule has 1 aromatic rings. The fraction of sp³-hybridized carbons (Fsp3) is 0.727. The number of nitrogens with one attached hydrogen (secondary N) is 1. The largest absolute Gasteiger partial charge is 0.367 e. The number of rotatable bonds is 4. The van der Waals surface area contributed by atoms with Crippen LogP contribution in [-0.2, 0) is 0 Å². The highest BCUT2D eigenvalue weighted by molar-refractivity contribution is 5.74. The lowest BCUT2D eigenvalue weighted by molar-refractivity contribution is 0.0343. The Labute approximate surface area is 169 Å². The zero-order chi connectivity index (χ0) is 19.2. The van der Waals surface area contributed by atoms with E-state index in [2.05, 4.69) is 26.2 Å². The monoisotopic (exact) mass is 385 g/mol. The van der Waals surface area contributed by atoms with Crippen molar-refractivity contribution in [2.24, 2.45) is 0 Å². The third-order valence-corrected chi connectivity index (χ3v) is 6.96. The second-order valence-corrected chi connectivity index (χ2v) is 8.68. The van der Waals surface area contributed by atoms with Gasteiger partial charge in [0.25, 0.3) is 0 Å². The maximum atomic E-state index is 12.9. The van der Waals surface area contributed by atoms with E-state index in [0.717, 1.165) is 38.4 Å². The molecule has 1 aliphatic carbocycles. The number of amides is 2. The van der Waals surface area contributed by atoms with Crippen LogP contribution in [0.3, 0.4) is 0 Å². The summed E-state index contributed by atoms with van der Waals surface area (Å²) >= 11 is 0. The van der Waals surface area contributed by atoms with Crippen molar-refractivity contribution in [2.75, 3.05) is 50.7 Å². The van der Waals surface area contributed by atoms with E-state index in [1.54, 1.807) is 6.20 Å². The average molecular weight is 386 g/mol. The summed E-state index contributed by atoms with van der Waals surface area (Å²) in [6.45, 7) is 6.52. The Morgan fingerprint density at radius 1 is 0.964 bits per heavy atom. The topological polar surface area (TPSA) is 51.7 Å². The Morgan fingerprint density at radius 3 is 2.36 bits per heavy atom. The number of hydrogen-bond donors (Lipinski definition) is 1. The van der Waals surface area contributed by atoms with Crippen LogP contribution in [0.5, 0.6) is 0 Å². The minimum absolute atomic E-state index is 0.118. The molecule has 154 valence electrons. The van der Waals surface area contributed by atoms with Gasteiger partial charge in [-0.3, -0.25) is 9.88 Å². The highest BCUT2D eigenvalue weighted by Gasteiger charge is 2.39. The first-order valence-corrected chi connectivity index (χ1v) is 11.2. The highest BCUT2D eigenvalue weighted by atomic mass is 16.2. The fourth-order valence-corrected chi connectivity index (χ4v) is 5.24. The van der Waals surface area contributed by atoms with Crippen molar-refractivity contribution in [1.29, 1.82) is 0 Å². The number of piperazine rings is 1. The molecule has 0 aromatic carbocycles. The third kappa shape index (κ3) is 4.43. The number of piperidine rings is 1. The van der Waals surface area contributed by atoms with Crippen LogP contribution in [0.1, 0.15) is 51.4 Å². The Bertz CT molecular complexity index is 617. The van der Waals surface area contributed by atoms with Crippen molar-refractivity contribution >= 4 is 11.7 Å². The van der Waals surface area contributed by atoms with Crippen molar-refractivity contribution in [3.05, 3.63) is 24.5 Å². The van der Waals surface area contributed by atoms with Crippen LogP contribution in [0.25, 0.3) is 0 Å². The Kier molecular flexibility index (Phi) is 6.35. The molecule has 1 N–H and O–H groups in total. The van der Waals surface area contributed by atoms with Gasteiger partial charge in [-0.15, -0.1) is 0 Å². The van der Waals surface area contributed by atoms with Gasteiger partial charge < -0.3 is 15.1 Å². The Morgan fingerprint density at radius 2 is 1.68 bits per heavy atom. The Balaban J connectivity index is 1.30. The molecular weight excluding hydrogens is 350 g/mol. The van der Waals surface area contributed by atoms with E-state index < -0.39 is 0 Å². The lowest BCUT2D eigenvalue weighted by atomic mass is 9.79. The number of carbonyl (C=O) groups excluding carboxylic acids is 1. The van der Waals surface area contributed by atoms with E-state index >= 15 is 0 Å². The normalized spacial score (nSPS) is 23.4. The van der Waals surface area contributed by atoms with Crippen molar-refractivity contribution < 1.29 is 4.79 Å². The first-order chi connectivity index (χ1) is 13.8. The van der Waals surface area contributed by atoms with Gasteiger partial charge in [0.2, 0.25) is 0 Å². The third-order valence-electron chi connectivity index (χ3n) is 6.96. The first kappa shape index (κ1) is 19.5. The summed E-state index contributed by atoms with van der Waals surface area (Å²) < 4.78 is 0. The summed E-state index contributed by atoms with van der Waals surface area (Å²) in [5.41, 5.74) is 1.35. The molecule has 0 atom stereocenters. The number of pyridine rings is 1. The number of urea groups is 1. The summed E-state index contributed by atoms with van der Waals surface area (Å²) in [5.74, 6) is 0. The van der Waals surface area contributed by atoms with Crippen LogP contribution < -0.4 is 10.2 Å². The molecule has 0 bridgehead atoms. The molecule has 0 spiro atoms. The molecule has 0 radical (unpaired) electrons. The minimum Gasteiger partial charge on any atom is -0.367 e. The second kappa shape index (κ2) is 9.12. The molecule has 4 rings (SSSR count). The standard InChI is InChI=1S/C22H35N5O/c28-21(26-16-14-25(15-17-26)20-8-7-11-23-18-20)24-19-22(9-3-1-4-10-22)27-12-5-2-6-13-27/h7-8,11,18H,1-6,9-10,12-17,19H2,(H,24,28). The van der Waals surface area contributed by atoms with Gasteiger partial charge in [-0.25, -0.2) is 4.79 Å². The van der Waals surface area contributed by atoms with E-state index in [1.807, 2.05) is 17.2 Å². The van der Waals surface area contributed by atoms with E-state index in [-0.39, 0.29) is 11.6 Å². The molecule has 1 saturated carbocycles. The number of hydrogen-bond acceptors (Lipinski definition) is 4. The van der Waals surface area contributed by atoms with Crippen molar-refractivity contribution in [2.45, 2.75) is 56.9 Å². The smallest absolute Gasteiger partial charge is 0.317 e.